The zero-order valence-electron chi connectivity index (χ0n) is 9.14. The monoisotopic (exact) mass is 202 g/mol. The predicted octanol–water partition coefficient (Wildman–Crippen LogP) is 2.48. The van der Waals surface area contributed by atoms with Crippen LogP contribution in [-0.2, 0) is 9.46 Å². The van der Waals surface area contributed by atoms with Crippen LogP contribution in [0.3, 0.4) is 0 Å². The van der Waals surface area contributed by atoms with Gasteiger partial charge in [0.2, 0.25) is 10.5 Å². The van der Waals surface area contributed by atoms with Crippen molar-refractivity contribution in [2.45, 2.75) is 52.4 Å². The highest BCUT2D eigenvalue weighted by molar-refractivity contribution is 5.97. The maximum Gasteiger partial charge on any atom is 0.209 e. The largest absolute Gasteiger partial charge is 0.358 e. The zero-order chi connectivity index (χ0) is 9.94. The maximum atomic E-state index is 4.89. The third kappa shape index (κ3) is 8.06. The number of hydrogen-bond donors (Lipinski definition) is 0. The summed E-state index contributed by atoms with van der Waals surface area (Å²) in [6, 6.07) is 0. The molecule has 0 spiro atoms. The molecule has 0 radical (unpaired) electrons. The van der Waals surface area contributed by atoms with Gasteiger partial charge in [0.25, 0.3) is 0 Å². The molecule has 0 heterocycles. The Morgan fingerprint density at radius 2 is 1.69 bits per heavy atom. The van der Waals surface area contributed by atoms with Crippen molar-refractivity contribution in [3.63, 3.8) is 0 Å². The second-order valence-electron chi connectivity index (χ2n) is 3.25. The summed E-state index contributed by atoms with van der Waals surface area (Å²) in [4.78, 5) is 4.89. The van der Waals surface area contributed by atoms with E-state index < -0.39 is 0 Å². The van der Waals surface area contributed by atoms with Crippen LogP contribution in [0.2, 0.25) is 0 Å². The van der Waals surface area contributed by atoms with E-state index in [2.05, 4.69) is 13.8 Å². The van der Waals surface area contributed by atoms with E-state index >= 15 is 0 Å². The summed E-state index contributed by atoms with van der Waals surface area (Å²) in [5.41, 5.74) is 1.39. The van der Waals surface area contributed by atoms with Crippen LogP contribution in [0.1, 0.15) is 52.4 Å². The molecule has 0 aromatic rings. The van der Waals surface area contributed by atoms with Gasteiger partial charge in [0.05, 0.1) is 0 Å². The van der Waals surface area contributed by atoms with Gasteiger partial charge >= 0.3 is 0 Å². The van der Waals surface area contributed by atoms with Gasteiger partial charge in [-0.2, -0.15) is 0 Å². The molecule has 0 atom stereocenters. The second kappa shape index (κ2) is 9.80. The SMILES string of the molecule is CCCCC(=COO[SiH3])CCCC. The second-order valence-corrected chi connectivity index (χ2v) is 3.58. The Kier molecular flexibility index (Phi) is 9.59. The fourth-order valence-corrected chi connectivity index (χ4v) is 1.26. The minimum atomic E-state index is 0.638. The van der Waals surface area contributed by atoms with E-state index in [0.717, 1.165) is 12.8 Å². The molecule has 0 amide bonds. The normalized spacial score (nSPS) is 10.0. The van der Waals surface area contributed by atoms with Crippen LogP contribution >= 0.6 is 0 Å². The molecule has 0 aliphatic rings. The third-order valence-electron chi connectivity index (χ3n) is 2.01. The summed E-state index contributed by atoms with van der Waals surface area (Å²) in [6.07, 6.45) is 9.08. The molecule has 0 aliphatic carbocycles. The van der Waals surface area contributed by atoms with E-state index in [1.807, 2.05) is 0 Å². The first-order chi connectivity index (χ1) is 6.35. The van der Waals surface area contributed by atoms with Gasteiger partial charge in [0.15, 0.2) is 0 Å². The highest BCUT2D eigenvalue weighted by atomic mass is 28.2. The van der Waals surface area contributed by atoms with E-state index in [9.17, 15) is 0 Å². The predicted molar refractivity (Wildman–Crippen MR) is 59.2 cm³/mol. The highest BCUT2D eigenvalue weighted by Gasteiger charge is 1.97. The van der Waals surface area contributed by atoms with Gasteiger partial charge in [-0.05, 0) is 31.3 Å². The van der Waals surface area contributed by atoms with Crippen molar-refractivity contribution >= 4 is 10.5 Å². The van der Waals surface area contributed by atoms with E-state index in [4.69, 9.17) is 9.46 Å². The standard InChI is InChI=1S/C10H22O2Si/c1-3-5-7-10(8-6-4-2)9-11-12-13/h9H,3-8H2,1-2,13H3. The van der Waals surface area contributed by atoms with E-state index in [0.29, 0.717) is 10.5 Å². The molecule has 0 aromatic carbocycles. The minimum absolute atomic E-state index is 0.638. The lowest BCUT2D eigenvalue weighted by Gasteiger charge is -2.05. The average Bonchev–Trinajstić information content (AvgIpc) is 2.17. The van der Waals surface area contributed by atoms with Gasteiger partial charge < -0.3 is 4.89 Å². The number of allylic oxidation sites excluding steroid dienone is 1. The van der Waals surface area contributed by atoms with Crippen molar-refractivity contribution in [3.05, 3.63) is 11.8 Å². The average molecular weight is 202 g/mol. The van der Waals surface area contributed by atoms with Crippen molar-refractivity contribution in [2.75, 3.05) is 0 Å². The Morgan fingerprint density at radius 1 is 1.15 bits per heavy atom. The summed E-state index contributed by atoms with van der Waals surface area (Å²) < 4.78 is 4.69. The molecule has 0 saturated carbocycles. The van der Waals surface area contributed by atoms with Gasteiger partial charge in [0.1, 0.15) is 6.26 Å². The molecular formula is C10H22O2Si. The Labute approximate surface area is 84.8 Å². The van der Waals surface area contributed by atoms with Crippen LogP contribution in [-0.4, -0.2) is 10.5 Å². The van der Waals surface area contributed by atoms with E-state index in [1.165, 1.54) is 31.3 Å². The summed E-state index contributed by atoms with van der Waals surface area (Å²) in [5, 5.41) is 0. The van der Waals surface area contributed by atoms with Crippen molar-refractivity contribution in [2.24, 2.45) is 0 Å². The highest BCUT2D eigenvalue weighted by Crippen LogP contribution is 2.14. The molecule has 0 fully saturated rings. The first-order valence-electron chi connectivity index (χ1n) is 5.22. The molecule has 0 aromatic heterocycles. The number of rotatable bonds is 8. The smallest absolute Gasteiger partial charge is 0.209 e. The lowest BCUT2D eigenvalue weighted by Crippen LogP contribution is -1.88. The van der Waals surface area contributed by atoms with Crippen molar-refractivity contribution in [1.29, 1.82) is 0 Å². The van der Waals surface area contributed by atoms with Crippen molar-refractivity contribution < 1.29 is 9.46 Å². The summed E-state index contributed by atoms with van der Waals surface area (Å²) in [7, 11) is 0.638. The van der Waals surface area contributed by atoms with E-state index in [-0.39, 0.29) is 0 Å². The molecule has 0 saturated heterocycles. The Hall–Kier alpha value is -0.283. The van der Waals surface area contributed by atoms with Crippen LogP contribution < -0.4 is 0 Å². The molecular weight excluding hydrogens is 180 g/mol. The minimum Gasteiger partial charge on any atom is -0.358 e. The number of hydrogen-bond acceptors (Lipinski definition) is 2. The Morgan fingerprint density at radius 3 is 2.08 bits per heavy atom. The quantitative estimate of drug-likeness (QED) is 0.260. The lowest BCUT2D eigenvalue weighted by molar-refractivity contribution is -0.145. The molecule has 78 valence electrons. The van der Waals surface area contributed by atoms with Gasteiger partial charge in [-0.25, -0.2) is 0 Å². The summed E-state index contributed by atoms with van der Waals surface area (Å²) >= 11 is 0. The molecule has 0 aliphatic heterocycles. The molecule has 0 N–H and O–H groups in total. The fourth-order valence-electron chi connectivity index (χ4n) is 1.17. The van der Waals surface area contributed by atoms with Gasteiger partial charge in [-0.1, -0.05) is 26.7 Å². The fraction of sp³-hybridized carbons (Fsp3) is 0.800. The molecule has 0 rings (SSSR count). The van der Waals surface area contributed by atoms with Crippen LogP contribution in [0, 0.1) is 0 Å². The van der Waals surface area contributed by atoms with Crippen molar-refractivity contribution in [1.82, 2.24) is 0 Å². The maximum absolute atomic E-state index is 4.89. The summed E-state index contributed by atoms with van der Waals surface area (Å²) in [6.45, 7) is 4.42. The van der Waals surface area contributed by atoms with Gasteiger partial charge in [-0.15, -0.1) is 0 Å². The Bertz CT molecular complexity index is 125. The van der Waals surface area contributed by atoms with Crippen LogP contribution in [0.4, 0.5) is 0 Å². The molecule has 2 nitrogen and oxygen atoms in total. The first kappa shape index (κ1) is 12.7. The zero-order valence-corrected chi connectivity index (χ0v) is 11.1. The number of unbranched alkanes of at least 4 members (excludes halogenated alkanes) is 2. The molecule has 0 unspecified atom stereocenters. The summed E-state index contributed by atoms with van der Waals surface area (Å²) in [5.74, 6) is 0. The molecule has 3 heteroatoms. The van der Waals surface area contributed by atoms with Gasteiger partial charge in [-0.3, -0.25) is 4.58 Å². The molecule has 0 bridgehead atoms. The Balaban J connectivity index is 3.72. The van der Waals surface area contributed by atoms with Crippen LogP contribution in [0.25, 0.3) is 0 Å². The van der Waals surface area contributed by atoms with Crippen LogP contribution in [0.15, 0.2) is 11.8 Å². The van der Waals surface area contributed by atoms with E-state index in [1.54, 1.807) is 6.26 Å². The lowest BCUT2D eigenvalue weighted by atomic mass is 10.0. The first-order valence-corrected chi connectivity index (χ1v) is 6.04. The molecule has 13 heavy (non-hydrogen) atoms. The van der Waals surface area contributed by atoms with Gasteiger partial charge in [0, 0.05) is 0 Å². The third-order valence-corrected chi connectivity index (χ3v) is 2.21. The van der Waals surface area contributed by atoms with Crippen LogP contribution in [0.5, 0.6) is 0 Å². The topological polar surface area (TPSA) is 18.5 Å². The van der Waals surface area contributed by atoms with Crippen molar-refractivity contribution in [3.8, 4) is 0 Å².